The number of H-pyrrole nitrogens is 1. The van der Waals surface area contributed by atoms with Crippen LogP contribution >= 0.6 is 0 Å². The summed E-state index contributed by atoms with van der Waals surface area (Å²) in [7, 11) is 0. The number of carbonyl (C=O) groups is 2. The Hall–Kier alpha value is -4.13. The molecule has 0 unspecified atom stereocenters. The summed E-state index contributed by atoms with van der Waals surface area (Å²) in [4.78, 5) is 31.2. The van der Waals surface area contributed by atoms with Gasteiger partial charge < -0.3 is 21.4 Å². The van der Waals surface area contributed by atoms with E-state index in [-0.39, 0.29) is 11.8 Å². The van der Waals surface area contributed by atoms with Gasteiger partial charge in [-0.15, -0.1) is 0 Å². The summed E-state index contributed by atoms with van der Waals surface area (Å²) in [6.07, 6.45) is 3.73. The molecule has 1 aliphatic heterocycles. The highest BCUT2D eigenvalue weighted by Gasteiger charge is 2.26. The smallest absolute Gasteiger partial charge is 0.254 e. The molecule has 0 atom stereocenters. The number of aromatic nitrogens is 2. The van der Waals surface area contributed by atoms with E-state index in [1.54, 1.807) is 6.07 Å². The van der Waals surface area contributed by atoms with Crippen molar-refractivity contribution >= 4 is 34.2 Å². The molecule has 2 aromatic heterocycles. The second kappa shape index (κ2) is 6.73. The Labute approximate surface area is 172 Å². The minimum Gasteiger partial charge on any atom is -0.398 e. The average molecular weight is 397 g/mol. The predicted octanol–water partition coefficient (Wildman–Crippen LogP) is 3.68. The van der Waals surface area contributed by atoms with E-state index in [1.165, 1.54) is 6.92 Å². The van der Waals surface area contributed by atoms with Crippen LogP contribution in [0.4, 0.5) is 11.4 Å². The first-order chi connectivity index (χ1) is 14.5. The van der Waals surface area contributed by atoms with Gasteiger partial charge in [-0.25, -0.2) is 4.98 Å². The highest BCUT2D eigenvalue weighted by atomic mass is 16.2. The van der Waals surface area contributed by atoms with Crippen LogP contribution in [0.3, 0.4) is 0 Å². The van der Waals surface area contributed by atoms with Crippen molar-refractivity contribution in [1.29, 1.82) is 0 Å². The molecule has 3 heterocycles. The van der Waals surface area contributed by atoms with Gasteiger partial charge in [-0.2, -0.15) is 0 Å². The Balaban J connectivity index is 1.60. The van der Waals surface area contributed by atoms with E-state index in [0.717, 1.165) is 44.5 Å². The maximum atomic E-state index is 12.2. The lowest BCUT2D eigenvalue weighted by molar-refractivity contribution is -0.114. The van der Waals surface area contributed by atoms with Crippen molar-refractivity contribution < 1.29 is 9.59 Å². The number of nitrogen functional groups attached to an aromatic ring is 1. The number of hydrogen-bond acceptors (Lipinski definition) is 4. The molecule has 30 heavy (non-hydrogen) atoms. The van der Waals surface area contributed by atoms with Crippen molar-refractivity contribution in [3.8, 4) is 22.3 Å². The van der Waals surface area contributed by atoms with Crippen LogP contribution < -0.4 is 16.4 Å². The highest BCUT2D eigenvalue weighted by molar-refractivity contribution is 6.07. The Bertz CT molecular complexity index is 1320. The first kappa shape index (κ1) is 17.9. The number of nitrogens with two attached hydrogens (primary N) is 1. The van der Waals surface area contributed by atoms with Gasteiger partial charge in [0.25, 0.3) is 5.91 Å². The molecular weight excluding hydrogens is 378 g/mol. The molecule has 1 aliphatic rings. The van der Waals surface area contributed by atoms with Crippen LogP contribution in [0, 0.1) is 0 Å². The number of carbonyl (C=O) groups excluding carboxylic acids is 2. The van der Waals surface area contributed by atoms with E-state index in [4.69, 9.17) is 5.73 Å². The second-order valence-electron chi connectivity index (χ2n) is 7.32. The molecule has 0 fully saturated rings. The number of rotatable bonds is 3. The molecule has 7 heteroatoms. The number of hydrogen-bond donors (Lipinski definition) is 4. The third-order valence-electron chi connectivity index (χ3n) is 5.36. The zero-order chi connectivity index (χ0) is 20.8. The summed E-state index contributed by atoms with van der Waals surface area (Å²) in [5.74, 6) is -0.242. The van der Waals surface area contributed by atoms with Gasteiger partial charge in [0.1, 0.15) is 5.65 Å². The third-order valence-corrected chi connectivity index (χ3v) is 5.36. The first-order valence-corrected chi connectivity index (χ1v) is 9.56. The minimum atomic E-state index is -0.137. The second-order valence-corrected chi connectivity index (χ2v) is 7.32. The molecule has 0 radical (unpaired) electrons. The molecule has 5 N–H and O–H groups in total. The molecule has 0 bridgehead atoms. The van der Waals surface area contributed by atoms with Crippen LogP contribution in [0.5, 0.6) is 0 Å². The number of aromatic amines is 1. The average Bonchev–Trinajstić information content (AvgIpc) is 3.33. The summed E-state index contributed by atoms with van der Waals surface area (Å²) >= 11 is 0. The molecule has 0 saturated heterocycles. The Kier molecular flexibility index (Phi) is 4.03. The number of nitrogens with zero attached hydrogens (tertiary/aromatic N) is 1. The normalized spacial score (nSPS) is 12.6. The fourth-order valence-electron chi connectivity index (χ4n) is 3.96. The van der Waals surface area contributed by atoms with Gasteiger partial charge in [0.15, 0.2) is 0 Å². The Morgan fingerprint density at radius 1 is 1.10 bits per heavy atom. The van der Waals surface area contributed by atoms with Crippen LogP contribution in [0.15, 0.2) is 54.9 Å². The van der Waals surface area contributed by atoms with E-state index >= 15 is 0 Å². The first-order valence-electron chi connectivity index (χ1n) is 9.56. The lowest BCUT2D eigenvalue weighted by atomic mass is 9.95. The minimum absolute atomic E-state index is 0.105. The summed E-state index contributed by atoms with van der Waals surface area (Å²) in [6.45, 7) is 1.94. The number of fused-ring (bicyclic) bond motifs is 2. The number of amides is 2. The fraction of sp³-hybridized carbons (Fsp3) is 0.0870. The molecule has 7 nitrogen and oxygen atoms in total. The number of pyridine rings is 1. The molecule has 0 spiro atoms. The van der Waals surface area contributed by atoms with E-state index in [1.807, 2.05) is 42.7 Å². The van der Waals surface area contributed by atoms with Gasteiger partial charge in [-0.1, -0.05) is 18.2 Å². The van der Waals surface area contributed by atoms with Gasteiger partial charge in [0.05, 0.1) is 5.56 Å². The number of anilines is 2. The summed E-state index contributed by atoms with van der Waals surface area (Å²) in [5, 5.41) is 6.59. The van der Waals surface area contributed by atoms with Crippen molar-refractivity contribution in [2.24, 2.45) is 0 Å². The van der Waals surface area contributed by atoms with Crippen LogP contribution in [-0.2, 0) is 11.3 Å². The monoisotopic (exact) mass is 397 g/mol. The van der Waals surface area contributed by atoms with Gasteiger partial charge in [-0.05, 0) is 41.0 Å². The van der Waals surface area contributed by atoms with E-state index in [0.29, 0.717) is 17.8 Å². The van der Waals surface area contributed by atoms with Crippen molar-refractivity contribution in [3.63, 3.8) is 0 Å². The molecule has 148 valence electrons. The van der Waals surface area contributed by atoms with Crippen LogP contribution in [-0.4, -0.2) is 21.8 Å². The van der Waals surface area contributed by atoms with Gasteiger partial charge in [0, 0.05) is 53.8 Å². The lowest BCUT2D eigenvalue weighted by Crippen LogP contribution is -2.13. The summed E-state index contributed by atoms with van der Waals surface area (Å²) in [5.41, 5.74) is 13.4. The third kappa shape index (κ3) is 2.88. The zero-order valence-electron chi connectivity index (χ0n) is 16.2. The van der Waals surface area contributed by atoms with E-state index in [9.17, 15) is 9.59 Å². The zero-order valence-corrected chi connectivity index (χ0v) is 16.2. The van der Waals surface area contributed by atoms with Crippen molar-refractivity contribution in [2.45, 2.75) is 13.5 Å². The quantitative estimate of drug-likeness (QED) is 0.395. The summed E-state index contributed by atoms with van der Waals surface area (Å²) < 4.78 is 0. The molecule has 0 saturated carbocycles. The highest BCUT2D eigenvalue weighted by Crippen LogP contribution is 2.37. The Morgan fingerprint density at radius 3 is 2.67 bits per heavy atom. The van der Waals surface area contributed by atoms with Crippen LogP contribution in [0.1, 0.15) is 22.8 Å². The molecule has 2 aromatic carbocycles. The molecule has 5 rings (SSSR count). The predicted molar refractivity (Wildman–Crippen MR) is 117 cm³/mol. The van der Waals surface area contributed by atoms with Crippen LogP contribution in [0.2, 0.25) is 0 Å². The molecule has 4 aromatic rings. The fourth-order valence-corrected chi connectivity index (χ4v) is 3.96. The lowest BCUT2D eigenvalue weighted by Gasteiger charge is -2.09. The van der Waals surface area contributed by atoms with Crippen molar-refractivity contribution in [3.05, 3.63) is 66.0 Å². The maximum absolute atomic E-state index is 12.2. The van der Waals surface area contributed by atoms with E-state index in [2.05, 4.69) is 26.7 Å². The largest absolute Gasteiger partial charge is 0.398 e. The number of benzene rings is 2. The van der Waals surface area contributed by atoms with Crippen molar-refractivity contribution in [1.82, 2.24) is 15.3 Å². The SMILES string of the molecule is CC(=O)Nc1ccc(-c2cnc3[nH]cc(-c4ccc(N)c5c4CNC5=O)c3c2)cc1. The topological polar surface area (TPSA) is 113 Å². The molecular formula is C23H19N5O2. The Morgan fingerprint density at radius 2 is 1.90 bits per heavy atom. The van der Waals surface area contributed by atoms with Gasteiger partial charge in [-0.3, -0.25) is 9.59 Å². The number of nitrogens with one attached hydrogen (secondary N) is 3. The molecule has 0 aliphatic carbocycles. The summed E-state index contributed by atoms with van der Waals surface area (Å²) in [6, 6.07) is 13.4. The molecule has 2 amide bonds. The maximum Gasteiger partial charge on any atom is 0.254 e. The van der Waals surface area contributed by atoms with Gasteiger partial charge in [0.2, 0.25) is 5.91 Å². The van der Waals surface area contributed by atoms with E-state index < -0.39 is 0 Å². The standard InChI is InChI=1S/C23H19N5O2/c1-12(29)28-15-4-2-13(3-5-15)14-8-17-18(10-26-22(17)25-9-14)16-6-7-20(24)21-19(16)11-27-23(21)30/h2-10H,11,24H2,1H3,(H,25,26)(H,27,30)(H,28,29). The van der Waals surface area contributed by atoms with Gasteiger partial charge >= 0.3 is 0 Å². The van der Waals surface area contributed by atoms with Crippen LogP contribution in [0.25, 0.3) is 33.3 Å². The van der Waals surface area contributed by atoms with Crippen molar-refractivity contribution in [2.75, 3.05) is 11.1 Å².